The van der Waals surface area contributed by atoms with Crippen LogP contribution in [0.4, 0.5) is 0 Å². The van der Waals surface area contributed by atoms with Crippen molar-refractivity contribution >= 4 is 5.91 Å². The van der Waals surface area contributed by atoms with Gasteiger partial charge in [0.15, 0.2) is 0 Å². The quantitative estimate of drug-likeness (QED) is 0.788. The van der Waals surface area contributed by atoms with Gasteiger partial charge in [-0.1, -0.05) is 0 Å². The molecule has 0 saturated carbocycles. The Morgan fingerprint density at radius 1 is 1.18 bits per heavy atom. The summed E-state index contributed by atoms with van der Waals surface area (Å²) in [4.78, 5) is 28.4. The molecule has 4 rings (SSSR count). The lowest BCUT2D eigenvalue weighted by Crippen LogP contribution is -2.57. The Hall–Kier alpha value is -2.45. The zero-order valence-corrected chi connectivity index (χ0v) is 16.4. The standard InChI is InChI=1S/C20H26N4O4/c1-15-3-4-16(28-15)13-23-11-12-27-20(14-23)7-9-24(10-8-20)19(26)17-5-6-18(25)22(2)21-17/h3-6H,7-14H2,1-2H3. The Morgan fingerprint density at radius 2 is 1.96 bits per heavy atom. The number of carbonyl (C=O) groups is 1. The number of aromatic nitrogens is 2. The van der Waals surface area contributed by atoms with Crippen LogP contribution in [0.25, 0.3) is 0 Å². The van der Waals surface area contributed by atoms with Gasteiger partial charge in [0.2, 0.25) is 0 Å². The van der Waals surface area contributed by atoms with E-state index in [-0.39, 0.29) is 17.1 Å². The second-order valence-corrected chi connectivity index (χ2v) is 7.73. The minimum atomic E-state index is -0.225. The third-order valence-corrected chi connectivity index (χ3v) is 5.64. The summed E-state index contributed by atoms with van der Waals surface area (Å²) in [5.41, 5.74) is -0.137. The molecular weight excluding hydrogens is 360 g/mol. The SMILES string of the molecule is Cc1ccc(CN2CCOC3(CCN(C(=O)c4ccc(=O)n(C)n4)CC3)C2)o1. The van der Waals surface area contributed by atoms with E-state index in [1.807, 2.05) is 19.1 Å². The van der Waals surface area contributed by atoms with Gasteiger partial charge in [-0.15, -0.1) is 0 Å². The van der Waals surface area contributed by atoms with Crippen LogP contribution in [-0.2, 0) is 18.3 Å². The lowest BCUT2D eigenvalue weighted by atomic mass is 9.89. The van der Waals surface area contributed by atoms with Crippen LogP contribution in [0.2, 0.25) is 0 Å². The maximum absolute atomic E-state index is 12.7. The molecule has 8 nitrogen and oxygen atoms in total. The van der Waals surface area contributed by atoms with E-state index >= 15 is 0 Å². The number of piperidine rings is 1. The monoisotopic (exact) mass is 386 g/mol. The summed E-state index contributed by atoms with van der Waals surface area (Å²) in [6.07, 6.45) is 1.58. The van der Waals surface area contributed by atoms with Gasteiger partial charge in [-0.05, 0) is 38.0 Å². The van der Waals surface area contributed by atoms with E-state index in [4.69, 9.17) is 9.15 Å². The Morgan fingerprint density at radius 3 is 2.64 bits per heavy atom. The molecule has 2 fully saturated rings. The zero-order valence-electron chi connectivity index (χ0n) is 16.4. The molecule has 8 heteroatoms. The van der Waals surface area contributed by atoms with Crippen LogP contribution < -0.4 is 5.56 Å². The number of furan rings is 1. The minimum absolute atomic E-state index is 0.135. The average Bonchev–Trinajstić information content (AvgIpc) is 3.09. The number of ether oxygens (including phenoxy) is 1. The van der Waals surface area contributed by atoms with Crippen LogP contribution in [0.5, 0.6) is 0 Å². The van der Waals surface area contributed by atoms with Gasteiger partial charge in [0.05, 0.1) is 18.8 Å². The van der Waals surface area contributed by atoms with Crippen molar-refractivity contribution in [3.8, 4) is 0 Å². The Bertz CT molecular complexity index is 911. The normalized spacial score (nSPS) is 19.9. The first-order chi connectivity index (χ1) is 13.4. The predicted octanol–water partition coefficient (Wildman–Crippen LogP) is 1.19. The molecule has 0 atom stereocenters. The summed E-state index contributed by atoms with van der Waals surface area (Å²) in [7, 11) is 1.55. The van der Waals surface area contributed by atoms with Gasteiger partial charge in [0.25, 0.3) is 11.5 Å². The smallest absolute Gasteiger partial charge is 0.274 e. The summed E-state index contributed by atoms with van der Waals surface area (Å²) >= 11 is 0. The van der Waals surface area contributed by atoms with Crippen LogP contribution in [0.1, 0.15) is 34.9 Å². The first kappa shape index (κ1) is 18.9. The highest BCUT2D eigenvalue weighted by atomic mass is 16.5. The minimum Gasteiger partial charge on any atom is -0.465 e. The topological polar surface area (TPSA) is 80.8 Å². The fourth-order valence-corrected chi connectivity index (χ4v) is 4.05. The van der Waals surface area contributed by atoms with Crippen molar-refractivity contribution in [1.82, 2.24) is 19.6 Å². The highest BCUT2D eigenvalue weighted by molar-refractivity contribution is 5.92. The van der Waals surface area contributed by atoms with E-state index < -0.39 is 0 Å². The van der Waals surface area contributed by atoms with Crippen molar-refractivity contribution in [3.05, 3.63) is 51.8 Å². The summed E-state index contributed by atoms with van der Waals surface area (Å²) < 4.78 is 13.1. The van der Waals surface area contributed by atoms with Crippen LogP contribution in [0.3, 0.4) is 0 Å². The number of carbonyl (C=O) groups excluding carboxylic acids is 1. The van der Waals surface area contributed by atoms with Gasteiger partial charge in [-0.2, -0.15) is 5.10 Å². The molecule has 0 bridgehead atoms. The summed E-state index contributed by atoms with van der Waals surface area (Å²) in [5.74, 6) is 1.77. The van der Waals surface area contributed by atoms with Crippen molar-refractivity contribution in [1.29, 1.82) is 0 Å². The molecule has 1 spiro atoms. The first-order valence-electron chi connectivity index (χ1n) is 9.69. The van der Waals surface area contributed by atoms with Gasteiger partial charge in [0, 0.05) is 39.3 Å². The number of amides is 1. The number of aryl methyl sites for hydroxylation is 2. The first-order valence-corrected chi connectivity index (χ1v) is 9.69. The van der Waals surface area contributed by atoms with E-state index in [0.29, 0.717) is 25.4 Å². The molecule has 1 amide bonds. The number of hydrogen-bond donors (Lipinski definition) is 0. The molecule has 2 aliphatic rings. The van der Waals surface area contributed by atoms with E-state index in [2.05, 4.69) is 10.00 Å². The van der Waals surface area contributed by atoms with Crippen molar-refractivity contribution in [2.45, 2.75) is 31.9 Å². The van der Waals surface area contributed by atoms with Crippen LogP contribution >= 0.6 is 0 Å². The molecule has 0 aromatic carbocycles. The largest absolute Gasteiger partial charge is 0.465 e. The predicted molar refractivity (Wildman–Crippen MR) is 102 cm³/mol. The third kappa shape index (κ3) is 3.88. The molecule has 2 aromatic heterocycles. The molecule has 150 valence electrons. The van der Waals surface area contributed by atoms with Gasteiger partial charge >= 0.3 is 0 Å². The molecule has 4 heterocycles. The molecule has 2 aliphatic heterocycles. The maximum atomic E-state index is 12.7. The van der Waals surface area contributed by atoms with E-state index in [1.165, 1.54) is 16.8 Å². The fourth-order valence-electron chi connectivity index (χ4n) is 4.05. The van der Waals surface area contributed by atoms with Crippen LogP contribution in [0.15, 0.2) is 33.5 Å². The molecule has 0 aliphatic carbocycles. The van der Waals surface area contributed by atoms with E-state index in [9.17, 15) is 9.59 Å². The fraction of sp³-hybridized carbons (Fsp3) is 0.550. The van der Waals surface area contributed by atoms with Crippen LogP contribution in [-0.4, -0.2) is 63.9 Å². The van der Waals surface area contributed by atoms with Crippen molar-refractivity contribution in [3.63, 3.8) is 0 Å². The van der Waals surface area contributed by atoms with Crippen molar-refractivity contribution < 1.29 is 13.9 Å². The molecule has 28 heavy (non-hydrogen) atoms. The lowest BCUT2D eigenvalue weighted by molar-refractivity contribution is -0.135. The van der Waals surface area contributed by atoms with Crippen molar-refractivity contribution in [2.24, 2.45) is 7.05 Å². The van der Waals surface area contributed by atoms with Gasteiger partial charge in [0.1, 0.15) is 17.2 Å². The molecule has 2 aromatic rings. The van der Waals surface area contributed by atoms with Crippen molar-refractivity contribution in [2.75, 3.05) is 32.8 Å². The third-order valence-electron chi connectivity index (χ3n) is 5.64. The number of nitrogens with zero attached hydrogens (tertiary/aromatic N) is 4. The summed E-state index contributed by atoms with van der Waals surface area (Å²) in [6, 6.07) is 6.89. The van der Waals surface area contributed by atoms with E-state index in [0.717, 1.165) is 44.0 Å². The zero-order chi connectivity index (χ0) is 19.7. The highest BCUT2D eigenvalue weighted by Crippen LogP contribution is 2.31. The lowest BCUT2D eigenvalue weighted by Gasteiger charge is -2.47. The van der Waals surface area contributed by atoms with E-state index in [1.54, 1.807) is 11.9 Å². The molecule has 0 unspecified atom stereocenters. The average molecular weight is 386 g/mol. The van der Waals surface area contributed by atoms with Gasteiger partial charge < -0.3 is 14.1 Å². The number of rotatable bonds is 3. The van der Waals surface area contributed by atoms with Crippen LogP contribution in [0, 0.1) is 6.92 Å². The Labute approximate surface area is 163 Å². The number of likely N-dealkylation sites (tertiary alicyclic amines) is 1. The second kappa shape index (κ2) is 7.52. The summed E-state index contributed by atoms with van der Waals surface area (Å²) in [6.45, 7) is 6.39. The maximum Gasteiger partial charge on any atom is 0.274 e. The molecule has 0 N–H and O–H groups in total. The molecule has 0 radical (unpaired) electrons. The molecular formula is C20H26N4O4. The summed E-state index contributed by atoms with van der Waals surface area (Å²) in [5, 5.41) is 4.08. The molecule has 2 saturated heterocycles. The van der Waals surface area contributed by atoms with Gasteiger partial charge in [-0.25, -0.2) is 4.68 Å². The Balaban J connectivity index is 1.37. The second-order valence-electron chi connectivity index (χ2n) is 7.73. The number of hydrogen-bond acceptors (Lipinski definition) is 6. The Kier molecular flexibility index (Phi) is 5.07. The number of morpholine rings is 1. The highest BCUT2D eigenvalue weighted by Gasteiger charge is 2.41. The van der Waals surface area contributed by atoms with Gasteiger partial charge in [-0.3, -0.25) is 14.5 Å².